The van der Waals surface area contributed by atoms with Crippen LogP contribution in [-0.2, 0) is 4.57 Å². The Kier molecular flexibility index (Phi) is 8.14. The lowest BCUT2D eigenvalue weighted by atomic mass is 10.1. The van der Waals surface area contributed by atoms with E-state index in [1.54, 1.807) is 42.5 Å². The van der Waals surface area contributed by atoms with Crippen LogP contribution in [-0.4, -0.2) is 35.4 Å². The van der Waals surface area contributed by atoms with Crippen LogP contribution < -0.4 is 25.7 Å². The van der Waals surface area contributed by atoms with Crippen molar-refractivity contribution in [2.75, 3.05) is 9.80 Å². The van der Waals surface area contributed by atoms with Gasteiger partial charge in [-0.15, -0.1) is 0 Å². The third-order valence-electron chi connectivity index (χ3n) is 8.56. The fourth-order valence-corrected chi connectivity index (χ4v) is 8.86. The molecule has 0 aliphatic carbocycles. The molecule has 250 valence electrons. The van der Waals surface area contributed by atoms with Crippen LogP contribution in [0.3, 0.4) is 0 Å². The van der Waals surface area contributed by atoms with Crippen LogP contribution in [0.2, 0.25) is 0 Å². The summed E-state index contributed by atoms with van der Waals surface area (Å²) in [6, 6.07) is 28.0. The first kappa shape index (κ1) is 33.1. The summed E-state index contributed by atoms with van der Waals surface area (Å²) in [6.45, 7) is 0. The van der Waals surface area contributed by atoms with Gasteiger partial charge in [-0.25, -0.2) is 9.80 Å². The van der Waals surface area contributed by atoms with E-state index < -0.39 is 42.6 Å². The number of anilines is 2. The van der Waals surface area contributed by atoms with Crippen molar-refractivity contribution >= 4 is 69.9 Å². The highest BCUT2D eigenvalue weighted by atomic mass is 31.2. The first-order valence-electron chi connectivity index (χ1n) is 15.2. The Morgan fingerprint density at radius 1 is 0.500 bits per heavy atom. The predicted molar refractivity (Wildman–Crippen MR) is 188 cm³/mol. The second-order valence-electron chi connectivity index (χ2n) is 11.4. The summed E-state index contributed by atoms with van der Waals surface area (Å²) in [6.07, 6.45) is 0. The van der Waals surface area contributed by atoms with Crippen molar-refractivity contribution in [3.63, 3.8) is 0 Å². The highest BCUT2D eigenvalue weighted by Crippen LogP contribution is 2.44. The molecule has 0 N–H and O–H groups in total. The molecule has 52 heavy (non-hydrogen) atoms. The molecular weight excluding hydrogens is 687 g/mol. The number of nitrogens with zero attached hydrogens (tertiary/aromatic N) is 8. The molecule has 0 radical (unpaired) electrons. The van der Waals surface area contributed by atoms with Crippen LogP contribution >= 0.6 is 7.14 Å². The van der Waals surface area contributed by atoms with Gasteiger partial charge in [-0.2, -0.15) is 0 Å². The first-order valence-corrected chi connectivity index (χ1v) is 16.9. The minimum absolute atomic E-state index is 0.0158. The summed E-state index contributed by atoms with van der Waals surface area (Å²) in [5.74, 6) is -4.73. The molecule has 2 heterocycles. The van der Waals surface area contributed by atoms with Crippen molar-refractivity contribution in [1.82, 2.24) is 0 Å². The quantitative estimate of drug-likeness (QED) is 0.0661. The molecule has 0 saturated carbocycles. The number of fused-ring (bicyclic) bond motifs is 2. The van der Waals surface area contributed by atoms with Gasteiger partial charge in [-0.3, -0.25) is 28.8 Å². The van der Waals surface area contributed by atoms with Crippen molar-refractivity contribution in [2.45, 2.75) is 0 Å². The van der Waals surface area contributed by atoms with Gasteiger partial charge in [0, 0.05) is 36.9 Å². The molecule has 0 unspecified atom stereocenters. The smallest absolute Gasteiger partial charge is 0.266 e. The molecular formula is C36H19N8O7P. The third kappa shape index (κ3) is 5.23. The fourth-order valence-electron chi connectivity index (χ4n) is 6.15. The lowest BCUT2D eigenvalue weighted by Crippen LogP contribution is -2.32. The molecule has 0 bridgehead atoms. The molecule has 16 heteroatoms. The average Bonchev–Trinajstić information content (AvgIpc) is 3.57. The van der Waals surface area contributed by atoms with Crippen LogP contribution in [0.4, 0.5) is 11.4 Å². The van der Waals surface area contributed by atoms with Crippen LogP contribution in [0.15, 0.2) is 125 Å². The van der Waals surface area contributed by atoms with Gasteiger partial charge < -0.3 is 4.57 Å². The molecule has 5 aromatic rings. The lowest BCUT2D eigenvalue weighted by molar-refractivity contribution is 0.0910. The van der Waals surface area contributed by atoms with Crippen molar-refractivity contribution in [1.29, 1.82) is 0 Å². The van der Waals surface area contributed by atoms with Crippen molar-refractivity contribution in [3.05, 3.63) is 170 Å². The molecule has 0 spiro atoms. The van der Waals surface area contributed by atoms with E-state index in [9.17, 15) is 28.8 Å². The standard InChI is InChI=1S/C36H19N8O7P/c37-41-39-31(45)20-12-14-27-29(16-20)35(49)43(33(27)47)22-6-4-10-25(18-22)52(51,24-8-2-1-3-9-24)26-11-5-7-23(19-26)44-34(48)28-15-13-21(32(46)40-42-38)17-30(28)36(44)50/h1-19H. The number of amides is 6. The summed E-state index contributed by atoms with van der Waals surface area (Å²) in [5.41, 5.74) is 17.2. The summed E-state index contributed by atoms with van der Waals surface area (Å²) in [7, 11) is -3.88. The average molecular weight is 707 g/mol. The van der Waals surface area contributed by atoms with Crippen molar-refractivity contribution < 1.29 is 33.3 Å². The van der Waals surface area contributed by atoms with E-state index in [0.29, 0.717) is 5.30 Å². The molecule has 0 atom stereocenters. The van der Waals surface area contributed by atoms with Crippen LogP contribution in [0.1, 0.15) is 62.1 Å². The van der Waals surface area contributed by atoms with Crippen LogP contribution in [0, 0.1) is 0 Å². The normalized spacial score (nSPS) is 14.2. The van der Waals surface area contributed by atoms with Gasteiger partial charge in [-0.05, 0) is 69.8 Å². The number of carbonyl (C=O) groups is 6. The molecule has 15 nitrogen and oxygen atoms in total. The summed E-state index contributed by atoms with van der Waals surface area (Å²) in [4.78, 5) is 85.2. The summed E-state index contributed by atoms with van der Waals surface area (Å²) < 4.78 is 15.5. The predicted octanol–water partition coefficient (Wildman–Crippen LogP) is 5.83. The van der Waals surface area contributed by atoms with E-state index in [0.717, 1.165) is 9.80 Å². The molecule has 6 amide bonds. The number of hydrogen-bond acceptors (Lipinski definition) is 7. The minimum Gasteiger partial charge on any atom is -0.309 e. The highest BCUT2D eigenvalue weighted by molar-refractivity contribution is 7.85. The molecule has 0 fully saturated rings. The Labute approximate surface area is 292 Å². The van der Waals surface area contributed by atoms with Crippen molar-refractivity contribution in [3.8, 4) is 0 Å². The van der Waals surface area contributed by atoms with Gasteiger partial charge in [0.15, 0.2) is 7.14 Å². The summed E-state index contributed by atoms with van der Waals surface area (Å²) in [5, 5.41) is 6.88. The Morgan fingerprint density at radius 3 is 1.33 bits per heavy atom. The zero-order valence-electron chi connectivity index (χ0n) is 26.4. The van der Waals surface area contributed by atoms with E-state index in [1.807, 2.05) is 0 Å². The maximum atomic E-state index is 15.5. The second-order valence-corrected chi connectivity index (χ2v) is 14.2. The van der Waals surface area contributed by atoms with Crippen LogP contribution in [0.25, 0.3) is 20.9 Å². The highest BCUT2D eigenvalue weighted by Gasteiger charge is 2.40. The van der Waals surface area contributed by atoms with E-state index in [1.165, 1.54) is 72.8 Å². The van der Waals surface area contributed by atoms with Gasteiger partial charge >= 0.3 is 0 Å². The van der Waals surface area contributed by atoms with E-state index in [4.69, 9.17) is 11.1 Å². The summed E-state index contributed by atoms with van der Waals surface area (Å²) >= 11 is 0. The second kappa shape index (κ2) is 12.8. The molecule has 2 aliphatic rings. The van der Waals surface area contributed by atoms with Gasteiger partial charge in [-0.1, -0.05) is 66.7 Å². The number of hydrogen-bond donors (Lipinski definition) is 0. The maximum absolute atomic E-state index is 15.5. The topological polar surface area (TPSA) is 223 Å². The van der Waals surface area contributed by atoms with Gasteiger partial charge in [0.05, 0.1) is 33.6 Å². The van der Waals surface area contributed by atoms with Crippen molar-refractivity contribution in [2.24, 2.45) is 10.2 Å². The maximum Gasteiger partial charge on any atom is 0.266 e. The molecule has 0 aromatic heterocycles. The first-order chi connectivity index (χ1) is 25.1. The Bertz CT molecular complexity index is 2460. The number of azide groups is 2. The zero-order valence-corrected chi connectivity index (χ0v) is 27.2. The number of benzene rings is 5. The number of rotatable bonds is 7. The van der Waals surface area contributed by atoms with Gasteiger partial charge in [0.2, 0.25) is 11.8 Å². The lowest BCUT2D eigenvalue weighted by Gasteiger charge is -2.23. The number of imide groups is 2. The van der Waals surface area contributed by atoms with E-state index >= 15 is 4.57 Å². The molecule has 0 saturated heterocycles. The zero-order chi connectivity index (χ0) is 36.7. The monoisotopic (exact) mass is 706 g/mol. The van der Waals surface area contributed by atoms with E-state index in [2.05, 4.69) is 20.1 Å². The Morgan fingerprint density at radius 2 is 0.904 bits per heavy atom. The largest absolute Gasteiger partial charge is 0.309 e. The minimum atomic E-state index is -3.88. The molecule has 2 aliphatic heterocycles. The SMILES string of the molecule is [N-]=[N+]=NC(=O)c1ccc2c(c1)C(=O)N(c1cccc(P(=O)(c3ccccc3)c3cccc(N4C(=O)c5ccc(C(=O)N=[N+]=[N-])cc5C4=O)c3)c1)C2=O. The fraction of sp³-hybridized carbons (Fsp3) is 0. The van der Waals surface area contributed by atoms with Crippen LogP contribution in [0.5, 0.6) is 0 Å². The third-order valence-corrected chi connectivity index (χ3v) is 11.6. The van der Waals surface area contributed by atoms with Gasteiger partial charge in [0.25, 0.3) is 23.6 Å². The Balaban J connectivity index is 1.30. The van der Waals surface area contributed by atoms with E-state index in [-0.39, 0.29) is 55.4 Å². The van der Waals surface area contributed by atoms with Gasteiger partial charge in [0.1, 0.15) is 0 Å². The molecule has 5 aromatic carbocycles. The number of carbonyl (C=O) groups excluding carboxylic acids is 6. The molecule has 7 rings (SSSR count). The Hall–Kier alpha value is -7.43.